The number of hydrogen-bond acceptors (Lipinski definition) is 3. The molecule has 3 heteroatoms. The van der Waals surface area contributed by atoms with Crippen molar-refractivity contribution in [3.05, 3.63) is 11.6 Å². The molecule has 3 saturated carbocycles. The Morgan fingerprint density at radius 2 is 1.84 bits per heavy atom. The van der Waals surface area contributed by atoms with Gasteiger partial charge in [-0.2, -0.15) is 0 Å². The summed E-state index contributed by atoms with van der Waals surface area (Å²) in [6, 6.07) is 0. The quantitative estimate of drug-likeness (QED) is 0.439. The number of rotatable bonds is 6. The lowest BCUT2D eigenvalue weighted by Gasteiger charge is -2.58. The van der Waals surface area contributed by atoms with Crippen molar-refractivity contribution in [3.63, 3.8) is 0 Å². The Bertz CT molecular complexity index is 739. The van der Waals surface area contributed by atoms with E-state index in [0.29, 0.717) is 11.2 Å². The zero-order valence-corrected chi connectivity index (χ0v) is 20.5. The molecule has 0 N–H and O–H groups in total. The number of methoxy groups -OCH3 is 1. The fourth-order valence-electron chi connectivity index (χ4n) is 8.80. The zero-order chi connectivity index (χ0) is 22.4. The van der Waals surface area contributed by atoms with Crippen LogP contribution in [0.4, 0.5) is 0 Å². The number of esters is 1. The fourth-order valence-corrected chi connectivity index (χ4v) is 8.80. The van der Waals surface area contributed by atoms with Gasteiger partial charge in [-0.3, -0.25) is 9.59 Å². The van der Waals surface area contributed by atoms with E-state index in [1.165, 1.54) is 51.2 Å². The van der Waals surface area contributed by atoms with Gasteiger partial charge in [-0.25, -0.2) is 0 Å². The normalized spacial score (nSPS) is 41.5. The van der Waals surface area contributed by atoms with Gasteiger partial charge in [0.1, 0.15) is 0 Å². The summed E-state index contributed by atoms with van der Waals surface area (Å²) >= 11 is 0. The highest BCUT2D eigenvalue weighted by atomic mass is 16.5. The molecule has 0 saturated heterocycles. The maximum atomic E-state index is 12.1. The van der Waals surface area contributed by atoms with E-state index in [4.69, 9.17) is 4.74 Å². The molecule has 174 valence electrons. The monoisotopic (exact) mass is 428 g/mol. The van der Waals surface area contributed by atoms with Crippen molar-refractivity contribution >= 4 is 11.8 Å². The Morgan fingerprint density at radius 1 is 1.06 bits per heavy atom. The third-order valence-electron chi connectivity index (χ3n) is 10.6. The second-order valence-electron chi connectivity index (χ2n) is 12.0. The number of ketones is 1. The molecule has 31 heavy (non-hydrogen) atoms. The average Bonchev–Trinajstić information content (AvgIpc) is 3.10. The lowest BCUT2D eigenvalue weighted by atomic mass is 9.46. The SMILES string of the molecule is COC(=O)C(C)CCCC(C)C1CCC2C3CCC4=CC(=O)CCC4(C)C3CCC12C. The molecule has 0 aromatic rings. The molecule has 0 amide bonds. The van der Waals surface area contributed by atoms with E-state index in [-0.39, 0.29) is 17.3 Å². The van der Waals surface area contributed by atoms with Crippen LogP contribution >= 0.6 is 0 Å². The number of ether oxygens (including phenoxy) is 1. The summed E-state index contributed by atoms with van der Waals surface area (Å²) in [5, 5.41) is 0. The Hall–Kier alpha value is -1.12. The maximum absolute atomic E-state index is 12.1. The minimum atomic E-state index is -0.0671. The lowest BCUT2D eigenvalue weighted by molar-refractivity contribution is -0.145. The van der Waals surface area contributed by atoms with E-state index < -0.39 is 0 Å². The summed E-state index contributed by atoms with van der Waals surface area (Å²) in [5.74, 6) is 4.38. The van der Waals surface area contributed by atoms with E-state index in [2.05, 4.69) is 20.8 Å². The smallest absolute Gasteiger partial charge is 0.308 e. The van der Waals surface area contributed by atoms with E-state index in [0.717, 1.165) is 61.7 Å². The van der Waals surface area contributed by atoms with Crippen LogP contribution in [0.2, 0.25) is 0 Å². The van der Waals surface area contributed by atoms with Crippen LogP contribution in [0.15, 0.2) is 11.6 Å². The van der Waals surface area contributed by atoms with E-state index in [1.54, 1.807) is 0 Å². The highest BCUT2D eigenvalue weighted by Gasteiger charge is 2.59. The molecule has 0 spiro atoms. The number of carbonyl (C=O) groups excluding carboxylic acids is 2. The maximum Gasteiger partial charge on any atom is 0.308 e. The molecule has 8 atom stereocenters. The van der Waals surface area contributed by atoms with Crippen molar-refractivity contribution in [2.75, 3.05) is 7.11 Å². The summed E-state index contributed by atoms with van der Waals surface area (Å²) in [7, 11) is 1.49. The van der Waals surface area contributed by atoms with Crippen LogP contribution in [0, 0.1) is 46.3 Å². The molecule has 4 aliphatic carbocycles. The molecule has 0 aromatic heterocycles. The molecule has 0 aromatic carbocycles. The summed E-state index contributed by atoms with van der Waals surface area (Å²) in [5.41, 5.74) is 2.25. The largest absolute Gasteiger partial charge is 0.469 e. The van der Waals surface area contributed by atoms with Gasteiger partial charge in [0.25, 0.3) is 0 Å². The summed E-state index contributed by atoms with van der Waals surface area (Å²) in [4.78, 5) is 23.8. The number of hydrogen-bond donors (Lipinski definition) is 0. The van der Waals surface area contributed by atoms with Gasteiger partial charge >= 0.3 is 5.97 Å². The molecule has 0 heterocycles. The molecule has 0 aliphatic heterocycles. The van der Waals surface area contributed by atoms with Crippen LogP contribution in [0.25, 0.3) is 0 Å². The number of carbonyl (C=O) groups is 2. The van der Waals surface area contributed by atoms with Gasteiger partial charge in [0.2, 0.25) is 0 Å². The predicted molar refractivity (Wildman–Crippen MR) is 124 cm³/mol. The third-order valence-corrected chi connectivity index (χ3v) is 10.6. The van der Waals surface area contributed by atoms with Crippen molar-refractivity contribution in [3.8, 4) is 0 Å². The first-order valence-electron chi connectivity index (χ1n) is 13.0. The summed E-state index contributed by atoms with van der Waals surface area (Å²) in [6.45, 7) is 9.58. The molecule has 3 fully saturated rings. The number of allylic oxidation sites excluding steroid dienone is 1. The zero-order valence-electron chi connectivity index (χ0n) is 20.5. The van der Waals surface area contributed by atoms with E-state index >= 15 is 0 Å². The predicted octanol–water partition coefficient (Wildman–Crippen LogP) is 6.75. The molecule has 4 aliphatic rings. The van der Waals surface area contributed by atoms with Crippen LogP contribution in [-0.4, -0.2) is 18.9 Å². The Morgan fingerprint density at radius 3 is 2.58 bits per heavy atom. The van der Waals surface area contributed by atoms with Gasteiger partial charge in [-0.15, -0.1) is 0 Å². The highest BCUT2D eigenvalue weighted by molar-refractivity contribution is 5.91. The highest BCUT2D eigenvalue weighted by Crippen LogP contribution is 2.67. The van der Waals surface area contributed by atoms with Crippen molar-refractivity contribution in [2.45, 2.75) is 98.3 Å². The van der Waals surface area contributed by atoms with Crippen LogP contribution in [0.3, 0.4) is 0 Å². The van der Waals surface area contributed by atoms with Crippen LogP contribution in [0.5, 0.6) is 0 Å². The minimum absolute atomic E-state index is 0.0205. The van der Waals surface area contributed by atoms with Crippen LogP contribution < -0.4 is 0 Å². The molecule has 0 bridgehead atoms. The molecule has 0 radical (unpaired) electrons. The molecular weight excluding hydrogens is 384 g/mol. The Balaban J connectivity index is 1.42. The topological polar surface area (TPSA) is 43.4 Å². The average molecular weight is 429 g/mol. The first-order valence-corrected chi connectivity index (χ1v) is 13.0. The first-order chi connectivity index (χ1) is 14.7. The summed E-state index contributed by atoms with van der Waals surface area (Å²) in [6.07, 6.45) is 15.1. The molecule has 3 nitrogen and oxygen atoms in total. The molecular formula is C28H44O3. The summed E-state index contributed by atoms with van der Waals surface area (Å²) < 4.78 is 4.90. The van der Waals surface area contributed by atoms with Gasteiger partial charge < -0.3 is 4.74 Å². The first kappa shape index (κ1) is 23.1. The standard InChI is InChI=1S/C28H44O3/c1-18(7-6-8-19(2)26(30)31-5)23-11-12-24-22-10-9-20-17-21(29)13-15-27(20,3)25(22)14-16-28(23,24)4/h17-19,22-25H,6-16H2,1-5H3. The van der Waals surface area contributed by atoms with E-state index in [9.17, 15) is 9.59 Å². The van der Waals surface area contributed by atoms with Crippen LogP contribution in [-0.2, 0) is 14.3 Å². The second kappa shape index (κ2) is 8.67. The van der Waals surface area contributed by atoms with Crippen molar-refractivity contribution in [1.82, 2.24) is 0 Å². The second-order valence-corrected chi connectivity index (χ2v) is 12.0. The van der Waals surface area contributed by atoms with Gasteiger partial charge in [-0.05, 0) is 97.9 Å². The van der Waals surface area contributed by atoms with Gasteiger partial charge in [-0.1, -0.05) is 46.1 Å². The minimum Gasteiger partial charge on any atom is -0.469 e. The van der Waals surface area contributed by atoms with Gasteiger partial charge in [0.15, 0.2) is 5.78 Å². The van der Waals surface area contributed by atoms with Crippen molar-refractivity contribution in [2.24, 2.45) is 46.3 Å². The van der Waals surface area contributed by atoms with Crippen molar-refractivity contribution < 1.29 is 14.3 Å². The Kier molecular flexibility index (Phi) is 6.45. The van der Waals surface area contributed by atoms with E-state index in [1.807, 2.05) is 13.0 Å². The van der Waals surface area contributed by atoms with Crippen LogP contribution in [0.1, 0.15) is 98.3 Å². The van der Waals surface area contributed by atoms with Gasteiger partial charge in [0, 0.05) is 6.42 Å². The fraction of sp³-hybridized carbons (Fsp3) is 0.857. The number of fused-ring (bicyclic) bond motifs is 5. The molecule has 8 unspecified atom stereocenters. The Labute approximate surface area is 189 Å². The van der Waals surface area contributed by atoms with Gasteiger partial charge in [0.05, 0.1) is 13.0 Å². The lowest BCUT2D eigenvalue weighted by Crippen LogP contribution is -2.50. The van der Waals surface area contributed by atoms with Crippen molar-refractivity contribution in [1.29, 1.82) is 0 Å². The third kappa shape index (κ3) is 3.93. The molecule has 4 rings (SSSR count).